The van der Waals surface area contributed by atoms with Crippen LogP contribution < -0.4 is 0 Å². The number of nitrogens with zero attached hydrogens (tertiary/aromatic N) is 3. The standard InChI is InChI=1S/C18H21N3O3/c1-13-15(11-19-20(13)2)17(22)21-10-6-9-16(21)18(23)24-12-14-7-4-3-5-8-14/h3-5,7-8,11,16H,6,9-10,12H2,1-2H3. The Bertz CT molecular complexity index is 739. The number of amides is 1. The second-order valence-corrected chi connectivity index (χ2v) is 6.02. The summed E-state index contributed by atoms with van der Waals surface area (Å²) in [6.45, 7) is 2.64. The molecule has 6 heteroatoms. The summed E-state index contributed by atoms with van der Waals surface area (Å²) in [4.78, 5) is 26.8. The average Bonchev–Trinajstić information content (AvgIpc) is 3.21. The summed E-state index contributed by atoms with van der Waals surface area (Å²) in [5.74, 6) is -0.494. The van der Waals surface area contributed by atoms with Gasteiger partial charge in [-0.15, -0.1) is 0 Å². The second-order valence-electron chi connectivity index (χ2n) is 6.02. The van der Waals surface area contributed by atoms with Crippen LogP contribution in [0.4, 0.5) is 0 Å². The van der Waals surface area contributed by atoms with Gasteiger partial charge in [-0.25, -0.2) is 4.79 Å². The third-order valence-electron chi connectivity index (χ3n) is 4.48. The second kappa shape index (κ2) is 6.86. The Morgan fingerprint density at radius 3 is 2.71 bits per heavy atom. The summed E-state index contributed by atoms with van der Waals surface area (Å²) < 4.78 is 7.07. The molecule has 1 aromatic heterocycles. The summed E-state index contributed by atoms with van der Waals surface area (Å²) in [5, 5.41) is 4.11. The largest absolute Gasteiger partial charge is 0.459 e. The number of hydrogen-bond donors (Lipinski definition) is 0. The molecule has 0 N–H and O–H groups in total. The van der Waals surface area contributed by atoms with Crippen LogP contribution in [0.5, 0.6) is 0 Å². The van der Waals surface area contributed by atoms with E-state index < -0.39 is 6.04 Å². The molecular formula is C18H21N3O3. The van der Waals surface area contributed by atoms with Gasteiger partial charge in [0.1, 0.15) is 12.6 Å². The van der Waals surface area contributed by atoms with Crippen LogP contribution in [0.25, 0.3) is 0 Å². The lowest BCUT2D eigenvalue weighted by molar-refractivity contribution is -0.149. The molecule has 1 aromatic carbocycles. The normalized spacial score (nSPS) is 17.1. The number of benzene rings is 1. The Morgan fingerprint density at radius 2 is 2.04 bits per heavy atom. The van der Waals surface area contributed by atoms with Crippen LogP contribution in [-0.2, 0) is 23.2 Å². The minimum absolute atomic E-state index is 0.153. The predicted molar refractivity (Wildman–Crippen MR) is 88.2 cm³/mol. The smallest absolute Gasteiger partial charge is 0.329 e. The maximum Gasteiger partial charge on any atom is 0.329 e. The zero-order valence-electron chi connectivity index (χ0n) is 13.9. The Balaban J connectivity index is 1.67. The fraction of sp³-hybridized carbons (Fsp3) is 0.389. The zero-order valence-corrected chi connectivity index (χ0v) is 13.9. The first kappa shape index (κ1) is 16.2. The number of aromatic nitrogens is 2. The zero-order chi connectivity index (χ0) is 17.1. The van der Waals surface area contributed by atoms with Gasteiger partial charge in [-0.1, -0.05) is 30.3 Å². The molecule has 1 atom stereocenters. The summed E-state index contributed by atoms with van der Waals surface area (Å²) in [6, 6.07) is 9.02. The van der Waals surface area contributed by atoms with Gasteiger partial charge in [0, 0.05) is 19.3 Å². The maximum absolute atomic E-state index is 12.7. The maximum atomic E-state index is 12.7. The Kier molecular flexibility index (Phi) is 4.64. The van der Waals surface area contributed by atoms with E-state index in [-0.39, 0.29) is 18.5 Å². The molecule has 0 radical (unpaired) electrons. The van der Waals surface area contributed by atoms with Crippen molar-refractivity contribution in [1.82, 2.24) is 14.7 Å². The van der Waals surface area contributed by atoms with Crippen LogP contribution in [-0.4, -0.2) is 39.1 Å². The van der Waals surface area contributed by atoms with Crippen molar-refractivity contribution in [2.45, 2.75) is 32.4 Å². The molecule has 2 heterocycles. The lowest BCUT2D eigenvalue weighted by atomic mass is 10.2. The van der Waals surface area contributed by atoms with Gasteiger partial charge in [0.15, 0.2) is 0 Å². The van der Waals surface area contributed by atoms with Gasteiger partial charge < -0.3 is 9.64 Å². The number of esters is 1. The van der Waals surface area contributed by atoms with Gasteiger partial charge in [0.25, 0.3) is 5.91 Å². The highest BCUT2D eigenvalue weighted by Crippen LogP contribution is 2.22. The topological polar surface area (TPSA) is 64.4 Å². The van der Waals surface area contributed by atoms with Crippen LogP contribution in [0.3, 0.4) is 0 Å². The number of ether oxygens (including phenoxy) is 1. The molecule has 1 aliphatic rings. The van der Waals surface area contributed by atoms with Gasteiger partial charge in [-0.3, -0.25) is 9.48 Å². The molecule has 1 saturated heterocycles. The van der Waals surface area contributed by atoms with Gasteiger partial charge in [0.05, 0.1) is 11.8 Å². The van der Waals surface area contributed by atoms with Crippen molar-refractivity contribution in [1.29, 1.82) is 0 Å². The van der Waals surface area contributed by atoms with Crippen molar-refractivity contribution >= 4 is 11.9 Å². The van der Waals surface area contributed by atoms with E-state index in [4.69, 9.17) is 4.74 Å². The van der Waals surface area contributed by atoms with E-state index in [1.54, 1.807) is 22.8 Å². The number of carbonyl (C=O) groups is 2. The van der Waals surface area contributed by atoms with Crippen molar-refractivity contribution < 1.29 is 14.3 Å². The fourth-order valence-corrected chi connectivity index (χ4v) is 2.94. The lowest BCUT2D eigenvalue weighted by Crippen LogP contribution is -2.41. The van der Waals surface area contributed by atoms with Crippen molar-refractivity contribution in [3.63, 3.8) is 0 Å². The molecule has 126 valence electrons. The first-order valence-corrected chi connectivity index (χ1v) is 8.08. The van der Waals surface area contributed by atoms with Crippen molar-refractivity contribution in [2.24, 2.45) is 7.05 Å². The molecule has 1 fully saturated rings. The summed E-state index contributed by atoms with van der Waals surface area (Å²) >= 11 is 0. The molecule has 2 aromatic rings. The Labute approximate surface area is 141 Å². The molecule has 0 saturated carbocycles. The lowest BCUT2D eigenvalue weighted by Gasteiger charge is -2.23. The Morgan fingerprint density at radius 1 is 1.29 bits per heavy atom. The minimum atomic E-state index is -0.513. The molecule has 1 amide bonds. The fourth-order valence-electron chi connectivity index (χ4n) is 2.94. The van der Waals surface area contributed by atoms with Gasteiger partial charge >= 0.3 is 5.97 Å². The van der Waals surface area contributed by atoms with E-state index in [9.17, 15) is 9.59 Å². The molecule has 0 aliphatic carbocycles. The highest BCUT2D eigenvalue weighted by molar-refractivity contribution is 5.97. The van der Waals surface area contributed by atoms with Crippen molar-refractivity contribution in [3.05, 3.63) is 53.3 Å². The monoisotopic (exact) mass is 327 g/mol. The molecule has 0 bridgehead atoms. The van der Waals surface area contributed by atoms with E-state index in [1.807, 2.05) is 37.3 Å². The third-order valence-corrected chi connectivity index (χ3v) is 4.48. The van der Waals surface area contributed by atoms with E-state index >= 15 is 0 Å². The highest BCUT2D eigenvalue weighted by Gasteiger charge is 2.36. The van der Waals surface area contributed by atoms with E-state index in [0.717, 1.165) is 17.7 Å². The first-order valence-electron chi connectivity index (χ1n) is 8.08. The molecule has 1 aliphatic heterocycles. The van der Waals surface area contributed by atoms with E-state index in [2.05, 4.69) is 5.10 Å². The summed E-state index contributed by atoms with van der Waals surface area (Å²) in [7, 11) is 1.79. The van der Waals surface area contributed by atoms with Gasteiger partial charge in [0.2, 0.25) is 0 Å². The minimum Gasteiger partial charge on any atom is -0.459 e. The van der Waals surface area contributed by atoms with Crippen LogP contribution in [0, 0.1) is 6.92 Å². The van der Waals surface area contributed by atoms with E-state index in [1.165, 1.54) is 0 Å². The predicted octanol–water partition coefficient (Wildman–Crippen LogP) is 2.08. The van der Waals surface area contributed by atoms with Gasteiger partial charge in [-0.05, 0) is 25.3 Å². The van der Waals surface area contributed by atoms with Crippen LogP contribution >= 0.6 is 0 Å². The quantitative estimate of drug-likeness (QED) is 0.807. The molecule has 6 nitrogen and oxygen atoms in total. The number of carbonyl (C=O) groups excluding carboxylic acids is 2. The summed E-state index contributed by atoms with van der Waals surface area (Å²) in [5.41, 5.74) is 2.27. The number of aryl methyl sites for hydroxylation is 1. The summed E-state index contributed by atoms with van der Waals surface area (Å²) in [6.07, 6.45) is 3.00. The molecule has 3 rings (SSSR count). The van der Waals surface area contributed by atoms with Crippen LogP contribution in [0.15, 0.2) is 36.5 Å². The van der Waals surface area contributed by atoms with Gasteiger partial charge in [-0.2, -0.15) is 5.10 Å². The van der Waals surface area contributed by atoms with Crippen molar-refractivity contribution in [3.8, 4) is 0 Å². The van der Waals surface area contributed by atoms with Crippen LogP contribution in [0.1, 0.15) is 34.5 Å². The Hall–Kier alpha value is -2.63. The SMILES string of the molecule is Cc1c(C(=O)N2CCCC2C(=O)OCc2ccccc2)cnn1C. The number of rotatable bonds is 4. The highest BCUT2D eigenvalue weighted by atomic mass is 16.5. The first-order chi connectivity index (χ1) is 11.6. The molecular weight excluding hydrogens is 306 g/mol. The molecule has 1 unspecified atom stereocenters. The third kappa shape index (κ3) is 3.18. The molecule has 0 spiro atoms. The number of likely N-dealkylation sites (tertiary alicyclic amines) is 1. The number of hydrogen-bond acceptors (Lipinski definition) is 4. The van der Waals surface area contributed by atoms with Crippen LogP contribution in [0.2, 0.25) is 0 Å². The van der Waals surface area contributed by atoms with E-state index in [0.29, 0.717) is 18.5 Å². The molecule has 24 heavy (non-hydrogen) atoms. The average molecular weight is 327 g/mol. The van der Waals surface area contributed by atoms with Crippen molar-refractivity contribution in [2.75, 3.05) is 6.54 Å².